The van der Waals surface area contributed by atoms with Crippen molar-refractivity contribution in [3.05, 3.63) is 17.7 Å². The molecule has 1 aromatic rings. The molecule has 0 radical (unpaired) electrons. The monoisotopic (exact) mass is 290 g/mol. The fraction of sp³-hybridized carbons (Fsp3) is 0.765. The highest BCUT2D eigenvalue weighted by molar-refractivity contribution is 5.49. The van der Waals surface area contributed by atoms with Crippen LogP contribution in [-0.2, 0) is 6.54 Å². The van der Waals surface area contributed by atoms with E-state index in [9.17, 15) is 0 Å². The van der Waals surface area contributed by atoms with Crippen LogP contribution in [-0.4, -0.2) is 23.1 Å². The van der Waals surface area contributed by atoms with Crippen LogP contribution in [0, 0.1) is 5.92 Å². The number of nitrogens with zero attached hydrogens (tertiary/aromatic N) is 3. The second-order valence-electron chi connectivity index (χ2n) is 6.49. The van der Waals surface area contributed by atoms with Crippen LogP contribution < -0.4 is 10.6 Å². The molecule has 0 spiro atoms. The summed E-state index contributed by atoms with van der Waals surface area (Å²) in [6, 6.07) is 0. The summed E-state index contributed by atoms with van der Waals surface area (Å²) in [5, 5.41) is 0. The van der Waals surface area contributed by atoms with Gasteiger partial charge in [0.15, 0.2) is 0 Å². The van der Waals surface area contributed by atoms with E-state index in [0.717, 1.165) is 36.2 Å². The Morgan fingerprint density at radius 1 is 1.33 bits per heavy atom. The van der Waals surface area contributed by atoms with Gasteiger partial charge < -0.3 is 10.6 Å². The first kappa shape index (κ1) is 16.2. The van der Waals surface area contributed by atoms with E-state index in [1.54, 1.807) is 0 Å². The molecule has 1 fully saturated rings. The quantitative estimate of drug-likeness (QED) is 0.902. The van der Waals surface area contributed by atoms with Crippen molar-refractivity contribution in [2.75, 3.05) is 18.0 Å². The third-order valence-corrected chi connectivity index (χ3v) is 4.46. The maximum Gasteiger partial charge on any atom is 0.131 e. The Balaban J connectivity index is 2.13. The van der Waals surface area contributed by atoms with E-state index < -0.39 is 0 Å². The van der Waals surface area contributed by atoms with E-state index >= 15 is 0 Å². The summed E-state index contributed by atoms with van der Waals surface area (Å²) in [5.74, 6) is 2.14. The average molecular weight is 290 g/mol. The summed E-state index contributed by atoms with van der Waals surface area (Å²) in [7, 11) is 0. The summed E-state index contributed by atoms with van der Waals surface area (Å²) in [6.07, 6.45) is 8.55. The lowest BCUT2D eigenvalue weighted by atomic mass is 9.96. The highest BCUT2D eigenvalue weighted by Crippen LogP contribution is 2.27. The maximum absolute atomic E-state index is 5.92. The molecule has 1 aliphatic rings. The standard InChI is InChI=1S/C17H30N4/c1-4-6-14-7-5-9-21(10-8-14)16-12-19-17(13(2)3)20-15(16)11-18/h12-14H,4-11,18H2,1-3H3. The van der Waals surface area contributed by atoms with Crippen LogP contribution in [0.3, 0.4) is 0 Å². The fourth-order valence-corrected chi connectivity index (χ4v) is 3.22. The average Bonchev–Trinajstić information content (AvgIpc) is 2.72. The molecule has 0 saturated carbocycles. The molecule has 1 unspecified atom stereocenters. The molecule has 4 nitrogen and oxygen atoms in total. The lowest BCUT2D eigenvalue weighted by Crippen LogP contribution is -2.27. The van der Waals surface area contributed by atoms with Gasteiger partial charge >= 0.3 is 0 Å². The lowest BCUT2D eigenvalue weighted by Gasteiger charge is -2.25. The third kappa shape index (κ3) is 4.16. The minimum Gasteiger partial charge on any atom is -0.369 e. The van der Waals surface area contributed by atoms with Crippen molar-refractivity contribution in [3.8, 4) is 0 Å². The van der Waals surface area contributed by atoms with E-state index in [-0.39, 0.29) is 0 Å². The van der Waals surface area contributed by atoms with Gasteiger partial charge in [-0.25, -0.2) is 9.97 Å². The number of aromatic nitrogens is 2. The van der Waals surface area contributed by atoms with Crippen LogP contribution >= 0.6 is 0 Å². The second-order valence-corrected chi connectivity index (χ2v) is 6.49. The maximum atomic E-state index is 5.92. The summed E-state index contributed by atoms with van der Waals surface area (Å²) >= 11 is 0. The molecule has 4 heteroatoms. The zero-order chi connectivity index (χ0) is 15.2. The molecule has 0 aliphatic carbocycles. The predicted octanol–water partition coefficient (Wildman–Crippen LogP) is 3.47. The molecule has 21 heavy (non-hydrogen) atoms. The lowest BCUT2D eigenvalue weighted by molar-refractivity contribution is 0.435. The van der Waals surface area contributed by atoms with Crippen LogP contribution in [0.5, 0.6) is 0 Å². The molecular weight excluding hydrogens is 260 g/mol. The van der Waals surface area contributed by atoms with Gasteiger partial charge in [-0.05, 0) is 25.2 Å². The van der Waals surface area contributed by atoms with E-state index in [0.29, 0.717) is 12.5 Å². The highest BCUT2D eigenvalue weighted by Gasteiger charge is 2.19. The third-order valence-electron chi connectivity index (χ3n) is 4.46. The van der Waals surface area contributed by atoms with Gasteiger partial charge in [0.25, 0.3) is 0 Å². The zero-order valence-electron chi connectivity index (χ0n) is 13.8. The fourth-order valence-electron chi connectivity index (χ4n) is 3.22. The number of hydrogen-bond acceptors (Lipinski definition) is 4. The first-order valence-corrected chi connectivity index (χ1v) is 8.46. The van der Waals surface area contributed by atoms with E-state index in [2.05, 4.69) is 35.6 Å². The van der Waals surface area contributed by atoms with Gasteiger partial charge in [-0.15, -0.1) is 0 Å². The second kappa shape index (κ2) is 7.74. The Hall–Kier alpha value is -1.16. The molecule has 1 atom stereocenters. The van der Waals surface area contributed by atoms with Crippen LogP contribution in [0.1, 0.15) is 70.3 Å². The highest BCUT2D eigenvalue weighted by atomic mass is 15.2. The van der Waals surface area contributed by atoms with Gasteiger partial charge in [0.05, 0.1) is 17.6 Å². The number of nitrogens with two attached hydrogens (primary N) is 1. The Kier molecular flexibility index (Phi) is 5.97. The normalized spacial score (nSPS) is 19.9. The summed E-state index contributed by atoms with van der Waals surface area (Å²) in [4.78, 5) is 11.7. The van der Waals surface area contributed by atoms with Crippen LogP contribution in [0.15, 0.2) is 6.20 Å². The van der Waals surface area contributed by atoms with Gasteiger partial charge in [-0.1, -0.05) is 33.6 Å². The molecule has 0 bridgehead atoms. The minimum absolute atomic E-state index is 0.349. The van der Waals surface area contributed by atoms with Crippen molar-refractivity contribution in [1.29, 1.82) is 0 Å². The smallest absolute Gasteiger partial charge is 0.131 e. The SMILES string of the molecule is CCCC1CCCN(c2cnc(C(C)C)nc2CN)CC1. The van der Waals surface area contributed by atoms with Crippen LogP contribution in [0.4, 0.5) is 5.69 Å². The zero-order valence-corrected chi connectivity index (χ0v) is 13.8. The molecule has 2 N–H and O–H groups in total. The molecule has 118 valence electrons. The van der Waals surface area contributed by atoms with Gasteiger partial charge in [-0.3, -0.25) is 0 Å². The van der Waals surface area contributed by atoms with Crippen LogP contribution in [0.2, 0.25) is 0 Å². The summed E-state index contributed by atoms with van der Waals surface area (Å²) in [6.45, 7) is 9.24. The number of anilines is 1. The molecular formula is C17H30N4. The van der Waals surface area contributed by atoms with Crippen molar-refractivity contribution >= 4 is 5.69 Å². The topological polar surface area (TPSA) is 55.0 Å². The van der Waals surface area contributed by atoms with Gasteiger partial charge in [0.1, 0.15) is 5.82 Å². The minimum atomic E-state index is 0.349. The molecule has 2 rings (SSSR count). The Bertz CT molecular complexity index is 444. The Morgan fingerprint density at radius 3 is 2.81 bits per heavy atom. The van der Waals surface area contributed by atoms with Crippen molar-refractivity contribution in [2.45, 2.75) is 65.3 Å². The van der Waals surface area contributed by atoms with E-state index in [1.807, 2.05) is 6.20 Å². The van der Waals surface area contributed by atoms with Crippen molar-refractivity contribution in [3.63, 3.8) is 0 Å². The van der Waals surface area contributed by atoms with Crippen molar-refractivity contribution in [2.24, 2.45) is 11.7 Å². The van der Waals surface area contributed by atoms with Crippen LogP contribution in [0.25, 0.3) is 0 Å². The first-order valence-electron chi connectivity index (χ1n) is 8.46. The Labute approximate surface area is 129 Å². The largest absolute Gasteiger partial charge is 0.369 e. The summed E-state index contributed by atoms with van der Waals surface area (Å²) in [5.41, 5.74) is 8.08. The predicted molar refractivity (Wildman–Crippen MR) is 88.5 cm³/mol. The molecule has 1 aromatic heterocycles. The van der Waals surface area contributed by atoms with Crippen molar-refractivity contribution < 1.29 is 0 Å². The molecule has 0 aromatic carbocycles. The first-order chi connectivity index (χ1) is 10.2. The molecule has 0 amide bonds. The van der Waals surface area contributed by atoms with Gasteiger partial charge in [0.2, 0.25) is 0 Å². The number of hydrogen-bond donors (Lipinski definition) is 1. The summed E-state index contributed by atoms with van der Waals surface area (Å²) < 4.78 is 0. The molecule has 2 heterocycles. The van der Waals surface area contributed by atoms with E-state index in [1.165, 1.54) is 32.1 Å². The Morgan fingerprint density at radius 2 is 2.14 bits per heavy atom. The molecule has 1 aliphatic heterocycles. The van der Waals surface area contributed by atoms with Gasteiger partial charge in [0, 0.05) is 25.6 Å². The van der Waals surface area contributed by atoms with E-state index in [4.69, 9.17) is 5.73 Å². The van der Waals surface area contributed by atoms with Crippen molar-refractivity contribution in [1.82, 2.24) is 9.97 Å². The molecule has 1 saturated heterocycles. The van der Waals surface area contributed by atoms with Gasteiger partial charge in [-0.2, -0.15) is 0 Å². The number of rotatable bonds is 5.